The summed E-state index contributed by atoms with van der Waals surface area (Å²) in [5.41, 5.74) is 3.84. The Morgan fingerprint density at radius 3 is 2.38 bits per heavy atom. The second kappa shape index (κ2) is 12.0. The quantitative estimate of drug-likeness (QED) is 0.255. The van der Waals surface area contributed by atoms with Crippen LogP contribution in [0.2, 0.25) is 0 Å². The zero-order valence-corrected chi connectivity index (χ0v) is 20.7. The molecule has 4 aromatic rings. The molecule has 0 saturated carbocycles. The van der Waals surface area contributed by atoms with Crippen molar-refractivity contribution in [3.8, 4) is 0 Å². The predicted octanol–water partition coefficient (Wildman–Crippen LogP) is 5.92. The second-order valence-electron chi connectivity index (χ2n) is 9.07. The number of carboxylic acid groups (broad SMARTS) is 1. The average Bonchev–Trinajstić information content (AvgIpc) is 2.92. The lowest BCUT2D eigenvalue weighted by molar-refractivity contribution is -0.137. The molecular formula is C31H30N2O4. The highest BCUT2D eigenvalue weighted by Crippen LogP contribution is 2.28. The molecule has 6 nitrogen and oxygen atoms in total. The lowest BCUT2D eigenvalue weighted by atomic mass is 9.94. The number of hydrogen-bond donors (Lipinski definition) is 3. The van der Waals surface area contributed by atoms with Gasteiger partial charge in [-0.1, -0.05) is 72.8 Å². The van der Waals surface area contributed by atoms with Gasteiger partial charge in [-0.15, -0.1) is 0 Å². The topological polar surface area (TPSA) is 95.5 Å². The first kappa shape index (κ1) is 25.6. The van der Waals surface area contributed by atoms with Crippen molar-refractivity contribution in [1.82, 2.24) is 5.32 Å². The van der Waals surface area contributed by atoms with Gasteiger partial charge in [-0.3, -0.25) is 14.4 Å². The molecule has 0 aliphatic rings. The first-order valence-electron chi connectivity index (χ1n) is 12.4. The summed E-state index contributed by atoms with van der Waals surface area (Å²) in [5, 5.41) is 17.1. The smallest absolute Gasteiger partial charge is 0.303 e. The van der Waals surface area contributed by atoms with Crippen molar-refractivity contribution in [3.63, 3.8) is 0 Å². The molecule has 2 amide bonds. The van der Waals surface area contributed by atoms with E-state index in [-0.39, 0.29) is 18.2 Å². The summed E-state index contributed by atoms with van der Waals surface area (Å²) in [6.45, 7) is 2.18. The molecule has 37 heavy (non-hydrogen) atoms. The number of anilines is 1. The van der Waals surface area contributed by atoms with Crippen LogP contribution in [0, 0.1) is 0 Å². The standard InChI is InChI=1S/C31H30N2O4/c1-21(26-15-7-12-23-9-5-6-14-27(23)26)30(36)33-28-19-22(17-18-24(28)13-8-16-29(34)35)20-32-31(37)25-10-3-2-4-11-25/h2-7,9-12,14-15,17-19,21H,8,13,16,20H2,1H3,(H,32,37)(H,33,36)(H,34,35). The number of rotatable bonds is 10. The van der Waals surface area contributed by atoms with Crippen LogP contribution in [0.4, 0.5) is 5.69 Å². The Balaban J connectivity index is 1.54. The Labute approximate surface area is 216 Å². The predicted molar refractivity (Wildman–Crippen MR) is 146 cm³/mol. The summed E-state index contributed by atoms with van der Waals surface area (Å²) in [5.74, 6) is -1.59. The zero-order valence-electron chi connectivity index (χ0n) is 20.7. The van der Waals surface area contributed by atoms with Gasteiger partial charge in [0.25, 0.3) is 5.91 Å². The number of nitrogens with one attached hydrogen (secondary N) is 2. The molecule has 0 heterocycles. The van der Waals surface area contributed by atoms with Crippen LogP contribution in [0.15, 0.2) is 91.0 Å². The van der Waals surface area contributed by atoms with Gasteiger partial charge in [0.2, 0.25) is 5.91 Å². The van der Waals surface area contributed by atoms with E-state index in [0.29, 0.717) is 30.6 Å². The van der Waals surface area contributed by atoms with E-state index in [1.54, 1.807) is 12.1 Å². The first-order valence-corrected chi connectivity index (χ1v) is 12.4. The van der Waals surface area contributed by atoms with Gasteiger partial charge in [-0.05, 0) is 65.4 Å². The minimum absolute atomic E-state index is 0.0503. The van der Waals surface area contributed by atoms with Gasteiger partial charge < -0.3 is 15.7 Å². The molecular weight excluding hydrogens is 464 g/mol. The number of hydrogen-bond acceptors (Lipinski definition) is 3. The molecule has 0 radical (unpaired) electrons. The van der Waals surface area contributed by atoms with Crippen molar-refractivity contribution >= 4 is 34.2 Å². The molecule has 188 valence electrons. The molecule has 0 bridgehead atoms. The third-order valence-electron chi connectivity index (χ3n) is 6.44. The van der Waals surface area contributed by atoms with Crippen molar-refractivity contribution < 1.29 is 19.5 Å². The molecule has 3 N–H and O–H groups in total. The van der Waals surface area contributed by atoms with Gasteiger partial charge in [-0.2, -0.15) is 0 Å². The number of aryl methyl sites for hydroxylation is 1. The van der Waals surface area contributed by atoms with Crippen LogP contribution in [0.5, 0.6) is 0 Å². The van der Waals surface area contributed by atoms with Gasteiger partial charge in [0, 0.05) is 24.2 Å². The SMILES string of the molecule is CC(C(=O)Nc1cc(CNC(=O)c2ccccc2)ccc1CCCC(=O)O)c1cccc2ccccc12. The summed E-state index contributed by atoms with van der Waals surface area (Å²) >= 11 is 0. The number of aliphatic carboxylic acids is 1. The average molecular weight is 495 g/mol. The van der Waals surface area contributed by atoms with Crippen LogP contribution in [-0.2, 0) is 22.6 Å². The van der Waals surface area contributed by atoms with E-state index >= 15 is 0 Å². The molecule has 1 atom stereocenters. The maximum atomic E-state index is 13.4. The fraction of sp³-hybridized carbons (Fsp3) is 0.194. The molecule has 6 heteroatoms. The lowest BCUT2D eigenvalue weighted by Crippen LogP contribution is -2.23. The summed E-state index contributed by atoms with van der Waals surface area (Å²) in [4.78, 5) is 36.9. The third kappa shape index (κ3) is 6.61. The largest absolute Gasteiger partial charge is 0.481 e. The maximum absolute atomic E-state index is 13.4. The fourth-order valence-electron chi connectivity index (χ4n) is 4.38. The number of benzene rings is 4. The Hall–Kier alpha value is -4.45. The summed E-state index contributed by atoms with van der Waals surface area (Å²) in [6.07, 6.45) is 1.02. The monoisotopic (exact) mass is 494 g/mol. The van der Waals surface area contributed by atoms with Crippen molar-refractivity contribution in [1.29, 1.82) is 0 Å². The first-order chi connectivity index (χ1) is 17.9. The number of carbonyl (C=O) groups is 3. The van der Waals surface area contributed by atoms with Crippen LogP contribution < -0.4 is 10.6 Å². The summed E-state index contributed by atoms with van der Waals surface area (Å²) < 4.78 is 0. The van der Waals surface area contributed by atoms with E-state index in [1.807, 2.05) is 85.8 Å². The third-order valence-corrected chi connectivity index (χ3v) is 6.44. The number of amides is 2. The van der Waals surface area contributed by atoms with Crippen molar-refractivity contribution in [2.24, 2.45) is 0 Å². The lowest BCUT2D eigenvalue weighted by Gasteiger charge is -2.18. The van der Waals surface area contributed by atoms with Crippen molar-refractivity contribution in [3.05, 3.63) is 113 Å². The highest BCUT2D eigenvalue weighted by Gasteiger charge is 2.19. The molecule has 0 aromatic heterocycles. The van der Waals surface area contributed by atoms with E-state index < -0.39 is 11.9 Å². The van der Waals surface area contributed by atoms with E-state index in [2.05, 4.69) is 10.6 Å². The molecule has 0 saturated heterocycles. The molecule has 0 spiro atoms. The van der Waals surface area contributed by atoms with Crippen LogP contribution in [-0.4, -0.2) is 22.9 Å². The van der Waals surface area contributed by atoms with Crippen LogP contribution in [0.1, 0.15) is 52.7 Å². The number of fused-ring (bicyclic) bond motifs is 1. The van der Waals surface area contributed by atoms with Gasteiger partial charge in [0.15, 0.2) is 0 Å². The van der Waals surface area contributed by atoms with Gasteiger partial charge in [-0.25, -0.2) is 0 Å². The van der Waals surface area contributed by atoms with Crippen molar-refractivity contribution in [2.45, 2.75) is 38.6 Å². The van der Waals surface area contributed by atoms with Gasteiger partial charge >= 0.3 is 5.97 Å². The van der Waals surface area contributed by atoms with E-state index in [0.717, 1.165) is 27.5 Å². The molecule has 0 aliphatic heterocycles. The minimum atomic E-state index is -0.851. The van der Waals surface area contributed by atoms with Crippen LogP contribution >= 0.6 is 0 Å². The molecule has 0 aliphatic carbocycles. The second-order valence-corrected chi connectivity index (χ2v) is 9.07. The highest BCUT2D eigenvalue weighted by molar-refractivity contribution is 6.00. The fourth-order valence-corrected chi connectivity index (χ4v) is 4.38. The summed E-state index contributed by atoms with van der Waals surface area (Å²) in [7, 11) is 0. The Kier molecular flexibility index (Phi) is 8.31. The van der Waals surface area contributed by atoms with E-state index in [1.165, 1.54) is 0 Å². The Morgan fingerprint density at radius 2 is 1.59 bits per heavy atom. The summed E-state index contributed by atoms with van der Waals surface area (Å²) in [6, 6.07) is 28.5. The van der Waals surface area contributed by atoms with Crippen molar-refractivity contribution in [2.75, 3.05) is 5.32 Å². The maximum Gasteiger partial charge on any atom is 0.303 e. The number of carboxylic acids is 1. The Morgan fingerprint density at radius 1 is 0.865 bits per heavy atom. The van der Waals surface area contributed by atoms with Gasteiger partial charge in [0.05, 0.1) is 5.92 Å². The van der Waals surface area contributed by atoms with Crippen LogP contribution in [0.3, 0.4) is 0 Å². The van der Waals surface area contributed by atoms with E-state index in [9.17, 15) is 14.4 Å². The minimum Gasteiger partial charge on any atom is -0.481 e. The molecule has 1 unspecified atom stereocenters. The van der Waals surface area contributed by atoms with Gasteiger partial charge in [0.1, 0.15) is 0 Å². The zero-order chi connectivity index (χ0) is 26.2. The Bertz CT molecular complexity index is 1410. The number of carbonyl (C=O) groups excluding carboxylic acids is 2. The highest BCUT2D eigenvalue weighted by atomic mass is 16.4. The normalized spacial score (nSPS) is 11.6. The molecule has 0 fully saturated rings. The molecule has 4 rings (SSSR count). The van der Waals surface area contributed by atoms with Crippen LogP contribution in [0.25, 0.3) is 10.8 Å². The van der Waals surface area contributed by atoms with E-state index in [4.69, 9.17) is 5.11 Å². The molecule has 4 aromatic carbocycles.